The van der Waals surface area contributed by atoms with Crippen LogP contribution in [-0.2, 0) is 16.6 Å². The van der Waals surface area contributed by atoms with E-state index in [9.17, 15) is 13.7 Å². The van der Waals surface area contributed by atoms with Crippen molar-refractivity contribution in [2.24, 2.45) is 0 Å². The van der Waals surface area contributed by atoms with Gasteiger partial charge in [0.05, 0.1) is 15.5 Å². The molecule has 170 valence electrons. The Morgan fingerprint density at radius 2 is 1.79 bits per heavy atom. The molecule has 5 nitrogen and oxygen atoms in total. The summed E-state index contributed by atoms with van der Waals surface area (Å²) in [6.45, 7) is 1.15. The summed E-state index contributed by atoms with van der Waals surface area (Å²) >= 11 is 18.8. The second-order valence-electron chi connectivity index (χ2n) is 7.76. The number of benzene rings is 3. The molecule has 0 aromatic heterocycles. The normalized spacial score (nSPS) is 16.5. The highest BCUT2D eigenvalue weighted by atomic mass is 35.5. The maximum atomic E-state index is 13.2. The lowest BCUT2D eigenvalue weighted by Gasteiger charge is -2.32. The monoisotopic (exact) mass is 519 g/mol. The predicted octanol–water partition coefficient (Wildman–Crippen LogP) is 5.99. The largest absolute Gasteiger partial charge is 0.363 e. The van der Waals surface area contributed by atoms with E-state index in [2.05, 4.69) is 11.0 Å². The summed E-state index contributed by atoms with van der Waals surface area (Å²) in [6, 6.07) is 21.0. The lowest BCUT2D eigenvalue weighted by atomic mass is 10.1. The number of anilines is 1. The number of hydrogen-bond donors (Lipinski definition) is 0. The van der Waals surface area contributed by atoms with Crippen molar-refractivity contribution in [3.8, 4) is 6.07 Å². The van der Waals surface area contributed by atoms with Gasteiger partial charge in [-0.25, -0.2) is 8.42 Å². The zero-order valence-corrected chi connectivity index (χ0v) is 20.5. The Bertz CT molecular complexity index is 1320. The van der Waals surface area contributed by atoms with Gasteiger partial charge in [0.25, 0.3) is 0 Å². The molecule has 1 fully saturated rings. The van der Waals surface area contributed by atoms with E-state index in [4.69, 9.17) is 34.8 Å². The average molecular weight is 521 g/mol. The van der Waals surface area contributed by atoms with Crippen molar-refractivity contribution in [3.05, 3.63) is 92.9 Å². The van der Waals surface area contributed by atoms with Crippen LogP contribution in [0, 0.1) is 11.3 Å². The Morgan fingerprint density at radius 3 is 2.48 bits per heavy atom. The van der Waals surface area contributed by atoms with Gasteiger partial charge in [-0.05, 0) is 54.4 Å². The van der Waals surface area contributed by atoms with E-state index in [0.717, 1.165) is 11.3 Å². The summed E-state index contributed by atoms with van der Waals surface area (Å²) < 4.78 is 27.9. The molecule has 3 aromatic carbocycles. The molecule has 9 heteroatoms. The molecule has 0 N–H and O–H groups in total. The Morgan fingerprint density at radius 1 is 1.00 bits per heavy atom. The lowest BCUT2D eigenvalue weighted by molar-refractivity contribution is 0.468. The van der Waals surface area contributed by atoms with Crippen LogP contribution < -0.4 is 4.90 Å². The van der Waals surface area contributed by atoms with Gasteiger partial charge in [-0.1, -0.05) is 59.1 Å². The van der Waals surface area contributed by atoms with Crippen LogP contribution in [0.4, 0.5) is 5.69 Å². The molecule has 1 aliphatic rings. The van der Waals surface area contributed by atoms with E-state index in [1.807, 2.05) is 30.3 Å². The van der Waals surface area contributed by atoms with Gasteiger partial charge in [-0.3, -0.25) is 0 Å². The number of hydrogen-bond acceptors (Lipinski definition) is 4. The van der Waals surface area contributed by atoms with Crippen LogP contribution in [0.5, 0.6) is 0 Å². The minimum Gasteiger partial charge on any atom is -0.363 e. The zero-order valence-electron chi connectivity index (χ0n) is 17.5. The third-order valence-corrected chi connectivity index (χ3v) is 8.48. The molecule has 0 aliphatic carbocycles. The van der Waals surface area contributed by atoms with Crippen molar-refractivity contribution in [2.45, 2.75) is 23.9 Å². The van der Waals surface area contributed by atoms with Crippen LogP contribution in [0.3, 0.4) is 0 Å². The van der Waals surface area contributed by atoms with Gasteiger partial charge in [-0.2, -0.15) is 9.57 Å². The number of sulfonamides is 1. The number of halogens is 3. The van der Waals surface area contributed by atoms with E-state index < -0.39 is 10.0 Å². The van der Waals surface area contributed by atoms with Crippen molar-refractivity contribution in [3.63, 3.8) is 0 Å². The highest BCUT2D eigenvalue weighted by molar-refractivity contribution is 7.89. The molecule has 4 rings (SSSR count). The fraction of sp³-hybridized carbons (Fsp3) is 0.208. The smallest absolute Gasteiger partial charge is 0.243 e. The average Bonchev–Trinajstić information content (AvgIpc) is 3.29. The Hall–Kier alpha value is -2.27. The van der Waals surface area contributed by atoms with Crippen molar-refractivity contribution >= 4 is 50.5 Å². The minimum absolute atomic E-state index is 0.112. The number of nitriles is 1. The second-order valence-corrected chi connectivity index (χ2v) is 10.9. The standard InChI is InChI=1S/C24H20Cl3N3O2S/c25-19-5-3-6-22(12-19)33(31,32)29-11-10-21(16-29)30(15-18-4-1-2-7-23(18)26)20-9-8-17(14-28)24(27)13-20/h1-9,12-13,21H,10-11,15-16H2/t21-/m0/s1. The molecule has 1 heterocycles. The molecule has 0 saturated carbocycles. The predicted molar refractivity (Wildman–Crippen MR) is 132 cm³/mol. The van der Waals surface area contributed by atoms with E-state index in [1.165, 1.54) is 10.4 Å². The molecule has 1 atom stereocenters. The van der Waals surface area contributed by atoms with Crippen LogP contribution in [0.1, 0.15) is 17.5 Å². The SMILES string of the molecule is N#Cc1ccc(N(Cc2ccccc2Cl)[C@H]2CCN(S(=O)(=O)c3cccc(Cl)c3)C2)cc1Cl. The molecule has 1 aliphatic heterocycles. The number of nitrogens with zero attached hydrogens (tertiary/aromatic N) is 3. The highest BCUT2D eigenvalue weighted by Gasteiger charge is 2.36. The Labute approximate surface area is 208 Å². The molecule has 0 bridgehead atoms. The fourth-order valence-corrected chi connectivity index (χ4v) is 6.18. The summed E-state index contributed by atoms with van der Waals surface area (Å²) in [5.41, 5.74) is 2.09. The van der Waals surface area contributed by atoms with E-state index >= 15 is 0 Å². The summed E-state index contributed by atoms with van der Waals surface area (Å²) in [6.07, 6.45) is 0.627. The first kappa shape index (κ1) is 23.9. The fourth-order valence-electron chi connectivity index (χ4n) is 3.97. The number of rotatable bonds is 6. The van der Waals surface area contributed by atoms with Gasteiger partial charge in [0, 0.05) is 41.4 Å². The van der Waals surface area contributed by atoms with Gasteiger partial charge < -0.3 is 4.90 Å². The molecular weight excluding hydrogens is 501 g/mol. The van der Waals surface area contributed by atoms with Crippen molar-refractivity contribution in [1.29, 1.82) is 5.26 Å². The molecular formula is C24H20Cl3N3O2S. The molecule has 0 spiro atoms. The lowest BCUT2D eigenvalue weighted by Crippen LogP contribution is -2.38. The molecule has 33 heavy (non-hydrogen) atoms. The van der Waals surface area contributed by atoms with Crippen LogP contribution in [0.15, 0.2) is 71.6 Å². The first-order valence-corrected chi connectivity index (χ1v) is 12.8. The first-order valence-electron chi connectivity index (χ1n) is 10.2. The zero-order chi connectivity index (χ0) is 23.6. The summed E-state index contributed by atoms with van der Waals surface area (Å²) in [7, 11) is -3.68. The topological polar surface area (TPSA) is 64.4 Å². The maximum Gasteiger partial charge on any atom is 0.243 e. The van der Waals surface area contributed by atoms with Gasteiger partial charge in [0.15, 0.2) is 0 Å². The van der Waals surface area contributed by atoms with Gasteiger partial charge >= 0.3 is 0 Å². The summed E-state index contributed by atoms with van der Waals surface area (Å²) in [5.74, 6) is 0. The van der Waals surface area contributed by atoms with Crippen LogP contribution in [0.2, 0.25) is 15.1 Å². The van der Waals surface area contributed by atoms with E-state index in [1.54, 1.807) is 30.3 Å². The first-order chi connectivity index (χ1) is 15.8. The summed E-state index contributed by atoms with van der Waals surface area (Å²) in [5, 5.41) is 10.6. The third kappa shape index (κ3) is 5.13. The quantitative estimate of drug-likeness (QED) is 0.400. The Kier molecular flexibility index (Phi) is 7.18. The van der Waals surface area contributed by atoms with E-state index in [0.29, 0.717) is 46.7 Å². The molecule has 1 saturated heterocycles. The van der Waals surface area contributed by atoms with Crippen LogP contribution in [-0.4, -0.2) is 31.9 Å². The minimum atomic E-state index is -3.68. The maximum absolute atomic E-state index is 13.2. The highest BCUT2D eigenvalue weighted by Crippen LogP contribution is 2.32. The summed E-state index contributed by atoms with van der Waals surface area (Å²) in [4.78, 5) is 2.27. The van der Waals surface area contributed by atoms with E-state index in [-0.39, 0.29) is 10.9 Å². The molecule has 0 unspecified atom stereocenters. The second kappa shape index (κ2) is 9.92. The van der Waals surface area contributed by atoms with Gasteiger partial charge in [0.2, 0.25) is 10.0 Å². The third-order valence-electron chi connectivity index (χ3n) is 5.70. The molecule has 0 amide bonds. The molecule has 3 aromatic rings. The Balaban J connectivity index is 1.66. The van der Waals surface area contributed by atoms with Crippen molar-refractivity contribution in [1.82, 2.24) is 4.31 Å². The van der Waals surface area contributed by atoms with Crippen molar-refractivity contribution < 1.29 is 8.42 Å². The van der Waals surface area contributed by atoms with Gasteiger partial charge in [0.1, 0.15) is 6.07 Å². The van der Waals surface area contributed by atoms with Crippen LogP contribution in [0.25, 0.3) is 0 Å². The van der Waals surface area contributed by atoms with Gasteiger partial charge in [-0.15, -0.1) is 0 Å². The van der Waals surface area contributed by atoms with Crippen molar-refractivity contribution in [2.75, 3.05) is 18.0 Å². The molecule has 0 radical (unpaired) electrons. The van der Waals surface area contributed by atoms with Crippen LogP contribution >= 0.6 is 34.8 Å².